The number of hydrogen-bond donors (Lipinski definition) is 3. The van der Waals surface area contributed by atoms with Gasteiger partial charge in [-0.1, -0.05) is 6.07 Å². The van der Waals surface area contributed by atoms with Crippen molar-refractivity contribution in [3.8, 4) is 5.75 Å². The maximum absolute atomic E-state index is 12.7. The SMILES string of the molecule is COc1cccc(S(=O)(=O)N[C@@H]2CC[C@@H](CC(=O)NCc3ccncc3)O[C@@H]2CO)c1. The number of benzene rings is 1. The van der Waals surface area contributed by atoms with Crippen molar-refractivity contribution in [1.29, 1.82) is 0 Å². The summed E-state index contributed by atoms with van der Waals surface area (Å²) in [7, 11) is -2.36. The minimum Gasteiger partial charge on any atom is -0.497 e. The van der Waals surface area contributed by atoms with Gasteiger partial charge >= 0.3 is 0 Å². The smallest absolute Gasteiger partial charge is 0.241 e. The van der Waals surface area contributed by atoms with E-state index in [2.05, 4.69) is 15.0 Å². The fourth-order valence-corrected chi connectivity index (χ4v) is 4.77. The maximum Gasteiger partial charge on any atom is 0.241 e. The Labute approximate surface area is 181 Å². The van der Waals surface area contributed by atoms with Crippen LogP contribution in [0.2, 0.25) is 0 Å². The largest absolute Gasteiger partial charge is 0.497 e. The van der Waals surface area contributed by atoms with Crippen molar-refractivity contribution in [2.45, 2.75) is 49.0 Å². The molecule has 3 N–H and O–H groups in total. The van der Waals surface area contributed by atoms with Crippen LogP contribution in [0.1, 0.15) is 24.8 Å². The third kappa shape index (κ3) is 6.47. The first kappa shape index (κ1) is 23.1. The van der Waals surface area contributed by atoms with Crippen molar-refractivity contribution in [2.24, 2.45) is 0 Å². The Morgan fingerprint density at radius 2 is 2.03 bits per heavy atom. The number of nitrogens with one attached hydrogen (secondary N) is 2. The predicted octanol–water partition coefficient (Wildman–Crippen LogP) is 0.983. The molecular weight excluding hydrogens is 422 g/mol. The van der Waals surface area contributed by atoms with Gasteiger partial charge in [0.25, 0.3) is 0 Å². The molecule has 1 aromatic carbocycles. The third-order valence-electron chi connectivity index (χ3n) is 5.11. The Bertz CT molecular complexity index is 970. The highest BCUT2D eigenvalue weighted by Crippen LogP contribution is 2.24. The molecular formula is C21H27N3O6S. The Hall–Kier alpha value is -2.53. The number of carbonyl (C=O) groups excluding carboxylic acids is 1. The van der Waals surface area contributed by atoms with Crippen LogP contribution in [0.15, 0.2) is 53.7 Å². The van der Waals surface area contributed by atoms with Crippen LogP contribution in [0.5, 0.6) is 5.75 Å². The third-order valence-corrected chi connectivity index (χ3v) is 6.59. The summed E-state index contributed by atoms with van der Waals surface area (Å²) in [6.45, 7) is 0.0287. The van der Waals surface area contributed by atoms with E-state index in [1.54, 1.807) is 24.5 Å². The van der Waals surface area contributed by atoms with E-state index in [9.17, 15) is 18.3 Å². The second-order valence-corrected chi connectivity index (χ2v) is 9.01. The lowest BCUT2D eigenvalue weighted by molar-refractivity contribution is -0.130. The van der Waals surface area contributed by atoms with Crippen molar-refractivity contribution in [3.05, 3.63) is 54.4 Å². The summed E-state index contributed by atoms with van der Waals surface area (Å²) in [5.74, 6) is 0.258. The zero-order valence-corrected chi connectivity index (χ0v) is 18.0. The Morgan fingerprint density at radius 1 is 1.26 bits per heavy atom. The number of aliphatic hydroxyl groups is 1. The number of carbonyl (C=O) groups is 1. The van der Waals surface area contributed by atoms with Crippen LogP contribution >= 0.6 is 0 Å². The summed E-state index contributed by atoms with van der Waals surface area (Å²) in [4.78, 5) is 16.2. The molecule has 3 atom stereocenters. The van der Waals surface area contributed by atoms with Crippen molar-refractivity contribution in [2.75, 3.05) is 13.7 Å². The van der Waals surface area contributed by atoms with Gasteiger partial charge in [-0.3, -0.25) is 9.78 Å². The number of ether oxygens (including phenoxy) is 2. The molecule has 1 aliphatic heterocycles. The molecule has 0 saturated carbocycles. The minimum atomic E-state index is -3.82. The topological polar surface area (TPSA) is 127 Å². The average Bonchev–Trinajstić information content (AvgIpc) is 2.79. The van der Waals surface area contributed by atoms with Crippen LogP contribution in [0.3, 0.4) is 0 Å². The van der Waals surface area contributed by atoms with Gasteiger partial charge in [0.2, 0.25) is 15.9 Å². The molecule has 3 rings (SSSR count). The highest BCUT2D eigenvalue weighted by Gasteiger charge is 2.34. The molecule has 9 nitrogen and oxygen atoms in total. The second kappa shape index (κ2) is 10.7. The molecule has 1 fully saturated rings. The molecule has 168 valence electrons. The first-order valence-electron chi connectivity index (χ1n) is 9.99. The maximum atomic E-state index is 12.7. The van der Waals surface area contributed by atoms with Crippen LogP contribution in [0.4, 0.5) is 0 Å². The molecule has 2 heterocycles. The van der Waals surface area contributed by atoms with E-state index in [4.69, 9.17) is 9.47 Å². The number of nitrogens with zero attached hydrogens (tertiary/aromatic N) is 1. The van der Waals surface area contributed by atoms with Gasteiger partial charge in [0, 0.05) is 25.0 Å². The van der Waals surface area contributed by atoms with Crippen LogP contribution in [0, 0.1) is 0 Å². The number of hydrogen-bond acceptors (Lipinski definition) is 7. The van der Waals surface area contributed by atoms with E-state index < -0.39 is 28.3 Å². The van der Waals surface area contributed by atoms with Crippen LogP contribution in [-0.2, 0) is 26.1 Å². The van der Waals surface area contributed by atoms with E-state index in [0.717, 1.165) is 5.56 Å². The zero-order chi connectivity index (χ0) is 22.3. The van der Waals surface area contributed by atoms with Crippen molar-refractivity contribution in [3.63, 3.8) is 0 Å². The molecule has 2 aromatic rings. The number of rotatable bonds is 9. The molecule has 1 aromatic heterocycles. The summed E-state index contributed by atoms with van der Waals surface area (Å²) >= 11 is 0. The fraction of sp³-hybridized carbons (Fsp3) is 0.429. The second-order valence-electron chi connectivity index (χ2n) is 7.30. The van der Waals surface area contributed by atoms with Gasteiger partial charge < -0.3 is 19.9 Å². The summed E-state index contributed by atoms with van der Waals surface area (Å²) in [6, 6.07) is 9.18. The van der Waals surface area contributed by atoms with Crippen molar-refractivity contribution >= 4 is 15.9 Å². The van der Waals surface area contributed by atoms with Crippen LogP contribution < -0.4 is 14.8 Å². The summed E-state index contributed by atoms with van der Waals surface area (Å²) in [5, 5.41) is 12.6. The van der Waals surface area contributed by atoms with E-state index in [1.165, 1.54) is 19.2 Å². The van der Waals surface area contributed by atoms with E-state index in [0.29, 0.717) is 25.1 Å². The summed E-state index contributed by atoms with van der Waals surface area (Å²) in [5.41, 5.74) is 0.938. The molecule has 0 aliphatic carbocycles. The predicted molar refractivity (Wildman–Crippen MR) is 113 cm³/mol. The molecule has 0 unspecified atom stereocenters. The zero-order valence-electron chi connectivity index (χ0n) is 17.2. The van der Waals surface area contributed by atoms with Gasteiger partial charge in [-0.2, -0.15) is 0 Å². The Kier molecular flexibility index (Phi) is 7.97. The lowest BCUT2D eigenvalue weighted by Crippen LogP contribution is -2.51. The molecule has 31 heavy (non-hydrogen) atoms. The molecule has 10 heteroatoms. The Morgan fingerprint density at radius 3 is 2.74 bits per heavy atom. The lowest BCUT2D eigenvalue weighted by Gasteiger charge is -2.35. The number of sulfonamides is 1. The Balaban J connectivity index is 1.54. The van der Waals surface area contributed by atoms with Gasteiger partial charge in [0.05, 0.1) is 43.3 Å². The lowest BCUT2D eigenvalue weighted by atomic mass is 9.98. The van der Waals surface area contributed by atoms with E-state index in [-0.39, 0.29) is 23.8 Å². The average molecular weight is 450 g/mol. The van der Waals surface area contributed by atoms with Gasteiger partial charge in [0.1, 0.15) is 5.75 Å². The molecule has 1 aliphatic rings. The van der Waals surface area contributed by atoms with Crippen molar-refractivity contribution in [1.82, 2.24) is 15.0 Å². The quantitative estimate of drug-likeness (QED) is 0.521. The first-order chi connectivity index (χ1) is 14.9. The highest BCUT2D eigenvalue weighted by atomic mass is 32.2. The van der Waals surface area contributed by atoms with Gasteiger partial charge in [-0.05, 0) is 42.7 Å². The fourth-order valence-electron chi connectivity index (χ4n) is 3.43. The monoisotopic (exact) mass is 449 g/mol. The van der Waals surface area contributed by atoms with Gasteiger partial charge in [-0.25, -0.2) is 13.1 Å². The molecule has 1 amide bonds. The van der Waals surface area contributed by atoms with Gasteiger partial charge in [-0.15, -0.1) is 0 Å². The number of pyridine rings is 1. The minimum absolute atomic E-state index is 0.0705. The molecule has 1 saturated heterocycles. The number of methoxy groups -OCH3 is 1. The summed E-state index contributed by atoms with van der Waals surface area (Å²) < 4.78 is 39.0. The number of amides is 1. The number of aromatic nitrogens is 1. The van der Waals surface area contributed by atoms with Crippen molar-refractivity contribution < 1.29 is 27.8 Å². The molecule has 0 bridgehead atoms. The molecule has 0 spiro atoms. The number of aliphatic hydroxyl groups excluding tert-OH is 1. The van der Waals surface area contributed by atoms with Crippen LogP contribution in [0.25, 0.3) is 0 Å². The van der Waals surface area contributed by atoms with E-state index >= 15 is 0 Å². The van der Waals surface area contributed by atoms with E-state index in [1.807, 2.05) is 12.1 Å². The summed E-state index contributed by atoms with van der Waals surface area (Å²) in [6.07, 6.45) is 3.24. The van der Waals surface area contributed by atoms with Crippen LogP contribution in [-0.4, -0.2) is 56.4 Å². The normalized spacial score (nSPS) is 21.4. The van der Waals surface area contributed by atoms with Gasteiger partial charge in [0.15, 0.2) is 0 Å². The highest BCUT2D eigenvalue weighted by molar-refractivity contribution is 7.89. The molecule has 0 radical (unpaired) electrons. The standard InChI is InChI=1S/C21H27N3O6S/c1-29-16-3-2-4-18(11-16)31(27,28)24-19-6-5-17(30-20(19)14-25)12-21(26)23-13-15-7-9-22-10-8-15/h2-4,7-11,17,19-20,24-25H,5-6,12-14H2,1H3,(H,23,26)/t17-,19+,20+/m0/s1. The first-order valence-corrected chi connectivity index (χ1v) is 11.5.